The molecule has 0 saturated carbocycles. The fraction of sp³-hybridized carbons (Fsp3) is 0.235. The highest BCUT2D eigenvalue weighted by Crippen LogP contribution is 2.25. The van der Waals surface area contributed by atoms with E-state index in [1.165, 1.54) is 11.3 Å². The van der Waals surface area contributed by atoms with E-state index in [0.29, 0.717) is 6.04 Å². The Morgan fingerprint density at radius 1 is 1.10 bits per heavy atom. The van der Waals surface area contributed by atoms with Crippen molar-refractivity contribution in [3.05, 3.63) is 60.4 Å². The second-order valence-electron chi connectivity index (χ2n) is 4.94. The van der Waals surface area contributed by atoms with Crippen molar-refractivity contribution in [3.63, 3.8) is 0 Å². The van der Waals surface area contributed by atoms with Crippen LogP contribution in [0.5, 0.6) is 0 Å². The van der Waals surface area contributed by atoms with Gasteiger partial charge in [0.25, 0.3) is 0 Å². The summed E-state index contributed by atoms with van der Waals surface area (Å²) in [5.74, 6) is 0. The highest BCUT2D eigenvalue weighted by molar-refractivity contribution is 5.77. The predicted molar refractivity (Wildman–Crippen MR) is 83.2 cm³/mol. The van der Waals surface area contributed by atoms with Crippen LogP contribution in [0.2, 0.25) is 0 Å². The van der Waals surface area contributed by atoms with Crippen molar-refractivity contribution in [3.8, 4) is 5.69 Å². The molecule has 3 heteroatoms. The zero-order valence-electron chi connectivity index (χ0n) is 11.9. The lowest BCUT2D eigenvalue weighted by Crippen LogP contribution is -2.19. The summed E-state index contributed by atoms with van der Waals surface area (Å²) in [6, 6.07) is 17.0. The van der Waals surface area contributed by atoms with Crippen molar-refractivity contribution in [2.24, 2.45) is 0 Å². The summed E-state index contributed by atoms with van der Waals surface area (Å²) in [6.07, 6.45) is 1.90. The van der Waals surface area contributed by atoms with Crippen molar-refractivity contribution in [1.29, 1.82) is 0 Å². The topological polar surface area (TPSA) is 29.9 Å². The second-order valence-corrected chi connectivity index (χ2v) is 4.94. The quantitative estimate of drug-likeness (QED) is 0.779. The molecule has 0 amide bonds. The minimum absolute atomic E-state index is 0.317. The summed E-state index contributed by atoms with van der Waals surface area (Å²) in [4.78, 5) is 4.48. The van der Waals surface area contributed by atoms with Crippen LogP contribution in [0.1, 0.15) is 25.5 Å². The lowest BCUT2D eigenvalue weighted by atomic mass is 10.1. The first-order valence-electron chi connectivity index (χ1n) is 7.06. The minimum Gasteiger partial charge on any atom is -0.310 e. The molecule has 1 aromatic heterocycles. The molecule has 0 radical (unpaired) electrons. The zero-order valence-corrected chi connectivity index (χ0v) is 11.9. The van der Waals surface area contributed by atoms with E-state index in [4.69, 9.17) is 0 Å². The Hall–Kier alpha value is -2.13. The van der Waals surface area contributed by atoms with Gasteiger partial charge in [0.1, 0.15) is 6.33 Å². The molecule has 1 unspecified atom stereocenters. The first-order chi connectivity index (χ1) is 9.81. The monoisotopic (exact) mass is 265 g/mol. The van der Waals surface area contributed by atoms with Gasteiger partial charge in [-0.15, -0.1) is 0 Å². The molecule has 20 heavy (non-hydrogen) atoms. The Balaban J connectivity index is 2.15. The number of hydrogen-bond acceptors (Lipinski definition) is 2. The van der Waals surface area contributed by atoms with Gasteiger partial charge in [-0.3, -0.25) is 4.57 Å². The van der Waals surface area contributed by atoms with Crippen molar-refractivity contribution in [2.45, 2.75) is 19.9 Å². The van der Waals surface area contributed by atoms with E-state index in [0.717, 1.165) is 17.6 Å². The maximum absolute atomic E-state index is 4.48. The Bertz CT molecular complexity index is 715. The maximum atomic E-state index is 4.48. The molecule has 1 N–H and O–H groups in total. The normalized spacial score (nSPS) is 12.7. The lowest BCUT2D eigenvalue weighted by Gasteiger charge is -2.18. The fourth-order valence-electron chi connectivity index (χ4n) is 2.64. The van der Waals surface area contributed by atoms with E-state index < -0.39 is 0 Å². The molecule has 3 rings (SSSR count). The average Bonchev–Trinajstić information content (AvgIpc) is 2.91. The van der Waals surface area contributed by atoms with Crippen LogP contribution in [0.3, 0.4) is 0 Å². The molecular formula is C17H19N3. The zero-order chi connectivity index (χ0) is 13.9. The molecule has 3 aromatic rings. The van der Waals surface area contributed by atoms with Gasteiger partial charge in [0.15, 0.2) is 0 Å². The molecule has 0 spiro atoms. The molecule has 0 fully saturated rings. The standard InChI is InChI=1S/C17H19N3/c1-3-18-13(2)14-8-4-6-10-16(14)20-12-19-15-9-5-7-11-17(15)20/h4-13,18H,3H2,1-2H3. The lowest BCUT2D eigenvalue weighted by molar-refractivity contribution is 0.596. The third-order valence-corrected chi connectivity index (χ3v) is 3.63. The number of aromatic nitrogens is 2. The summed E-state index contributed by atoms with van der Waals surface area (Å²) >= 11 is 0. The number of fused-ring (bicyclic) bond motifs is 1. The number of benzene rings is 2. The van der Waals surface area contributed by atoms with Gasteiger partial charge < -0.3 is 5.32 Å². The summed E-state index contributed by atoms with van der Waals surface area (Å²) < 4.78 is 2.17. The maximum Gasteiger partial charge on any atom is 0.100 e. The van der Waals surface area contributed by atoms with Crippen LogP contribution in [0.15, 0.2) is 54.9 Å². The second kappa shape index (κ2) is 5.47. The van der Waals surface area contributed by atoms with Crippen LogP contribution in [0, 0.1) is 0 Å². The third-order valence-electron chi connectivity index (χ3n) is 3.63. The van der Waals surface area contributed by atoms with Crippen LogP contribution < -0.4 is 5.32 Å². The molecule has 0 aliphatic carbocycles. The molecule has 1 atom stereocenters. The molecule has 102 valence electrons. The average molecular weight is 265 g/mol. The van der Waals surface area contributed by atoms with Crippen LogP contribution in [0.4, 0.5) is 0 Å². The van der Waals surface area contributed by atoms with Crippen molar-refractivity contribution < 1.29 is 0 Å². The predicted octanol–water partition coefficient (Wildman–Crippen LogP) is 3.70. The smallest absolute Gasteiger partial charge is 0.100 e. The first-order valence-corrected chi connectivity index (χ1v) is 7.06. The Morgan fingerprint density at radius 2 is 1.85 bits per heavy atom. The first kappa shape index (κ1) is 12.9. The molecule has 0 bridgehead atoms. The summed E-state index contributed by atoms with van der Waals surface area (Å²) in [7, 11) is 0. The largest absolute Gasteiger partial charge is 0.310 e. The van der Waals surface area contributed by atoms with Crippen LogP contribution in [0.25, 0.3) is 16.7 Å². The van der Waals surface area contributed by atoms with Crippen LogP contribution in [-0.2, 0) is 0 Å². The highest BCUT2D eigenvalue weighted by Gasteiger charge is 2.12. The number of hydrogen-bond donors (Lipinski definition) is 1. The van der Waals surface area contributed by atoms with E-state index in [-0.39, 0.29) is 0 Å². The van der Waals surface area contributed by atoms with Crippen molar-refractivity contribution in [1.82, 2.24) is 14.9 Å². The number of rotatable bonds is 4. The summed E-state index contributed by atoms with van der Waals surface area (Å²) in [5.41, 5.74) is 4.65. The number of nitrogens with zero attached hydrogens (tertiary/aromatic N) is 2. The van der Waals surface area contributed by atoms with Gasteiger partial charge in [0.2, 0.25) is 0 Å². The number of nitrogens with one attached hydrogen (secondary N) is 1. The van der Waals surface area contributed by atoms with E-state index in [1.54, 1.807) is 0 Å². The summed E-state index contributed by atoms with van der Waals surface area (Å²) in [6.45, 7) is 5.29. The Labute approximate surface area is 119 Å². The Kier molecular flexibility index (Phi) is 3.52. The van der Waals surface area contributed by atoms with E-state index in [9.17, 15) is 0 Å². The van der Waals surface area contributed by atoms with Crippen LogP contribution >= 0.6 is 0 Å². The molecule has 2 aromatic carbocycles. The molecule has 0 aliphatic heterocycles. The van der Waals surface area contributed by atoms with Gasteiger partial charge in [-0.1, -0.05) is 37.3 Å². The molecule has 1 heterocycles. The number of para-hydroxylation sites is 3. The SMILES string of the molecule is CCNC(C)c1ccccc1-n1cnc2ccccc21. The van der Waals surface area contributed by atoms with E-state index in [1.807, 2.05) is 18.5 Å². The van der Waals surface area contributed by atoms with Gasteiger partial charge in [-0.2, -0.15) is 0 Å². The van der Waals surface area contributed by atoms with Crippen molar-refractivity contribution in [2.75, 3.05) is 6.54 Å². The van der Waals surface area contributed by atoms with E-state index >= 15 is 0 Å². The minimum atomic E-state index is 0.317. The van der Waals surface area contributed by atoms with Gasteiger partial charge >= 0.3 is 0 Å². The van der Waals surface area contributed by atoms with Gasteiger partial charge in [-0.25, -0.2) is 4.98 Å². The molecule has 0 aliphatic rings. The summed E-state index contributed by atoms with van der Waals surface area (Å²) in [5, 5.41) is 3.48. The van der Waals surface area contributed by atoms with Crippen molar-refractivity contribution >= 4 is 11.0 Å². The van der Waals surface area contributed by atoms with Gasteiger partial charge in [0, 0.05) is 6.04 Å². The molecular weight excluding hydrogens is 246 g/mol. The fourth-order valence-corrected chi connectivity index (χ4v) is 2.64. The van der Waals surface area contributed by atoms with Gasteiger partial charge in [0.05, 0.1) is 16.7 Å². The van der Waals surface area contributed by atoms with Gasteiger partial charge in [-0.05, 0) is 37.2 Å². The third kappa shape index (κ3) is 2.21. The van der Waals surface area contributed by atoms with E-state index in [2.05, 4.69) is 65.1 Å². The Morgan fingerprint density at radius 3 is 2.70 bits per heavy atom. The van der Waals surface area contributed by atoms with Crippen LogP contribution in [-0.4, -0.2) is 16.1 Å². The molecule has 0 saturated heterocycles. The molecule has 3 nitrogen and oxygen atoms in total. The highest BCUT2D eigenvalue weighted by atomic mass is 15.1. The number of imidazole rings is 1.